The van der Waals surface area contributed by atoms with Crippen molar-refractivity contribution in [2.24, 2.45) is 0 Å². The van der Waals surface area contributed by atoms with Crippen molar-refractivity contribution in [3.8, 4) is 0 Å². The van der Waals surface area contributed by atoms with E-state index in [0.29, 0.717) is 37.3 Å². The number of nitrogens with zero attached hydrogens (tertiary/aromatic N) is 2. The molecule has 112 valence electrons. The van der Waals surface area contributed by atoms with Crippen molar-refractivity contribution in [1.82, 2.24) is 9.80 Å². The van der Waals surface area contributed by atoms with Gasteiger partial charge in [-0.15, -0.1) is 0 Å². The summed E-state index contributed by atoms with van der Waals surface area (Å²) >= 11 is 0. The second-order valence-electron chi connectivity index (χ2n) is 5.99. The Bertz CT molecular complexity index is 544. The highest BCUT2D eigenvalue weighted by molar-refractivity contribution is 6.21. The Morgan fingerprint density at radius 2 is 1.67 bits per heavy atom. The number of β-amino-alcohol motifs (C(OH)–C–C–N with tert-alkyl or cyclic N) is 1. The van der Waals surface area contributed by atoms with Gasteiger partial charge in [-0.05, 0) is 18.6 Å². The number of carbonyl (C=O) groups is 2. The Kier molecular flexibility index (Phi) is 3.55. The average molecular weight is 288 g/mol. The highest BCUT2D eigenvalue weighted by Crippen LogP contribution is 2.26. The third-order valence-electron chi connectivity index (χ3n) is 4.27. The molecule has 0 saturated carbocycles. The Labute approximate surface area is 124 Å². The molecular weight excluding hydrogens is 268 g/mol. The van der Waals surface area contributed by atoms with Gasteiger partial charge in [0.15, 0.2) is 0 Å². The van der Waals surface area contributed by atoms with E-state index in [9.17, 15) is 14.7 Å². The van der Waals surface area contributed by atoms with E-state index in [1.165, 1.54) is 4.90 Å². The fourth-order valence-corrected chi connectivity index (χ4v) is 3.25. The summed E-state index contributed by atoms with van der Waals surface area (Å²) < 4.78 is 0. The number of likely N-dealkylation sites (tertiary alicyclic amines) is 1. The topological polar surface area (TPSA) is 60.9 Å². The first kappa shape index (κ1) is 14.2. The van der Waals surface area contributed by atoms with Crippen LogP contribution in [0, 0.1) is 0 Å². The number of hydrogen-bond donors (Lipinski definition) is 1. The maximum absolute atomic E-state index is 12.2. The molecular formula is C16H20N2O3. The molecule has 2 aliphatic rings. The molecule has 1 fully saturated rings. The van der Waals surface area contributed by atoms with Crippen LogP contribution in [-0.2, 0) is 0 Å². The molecule has 0 atom stereocenters. The van der Waals surface area contributed by atoms with Crippen LogP contribution >= 0.6 is 0 Å². The van der Waals surface area contributed by atoms with Gasteiger partial charge in [0.05, 0.1) is 16.7 Å². The number of hydrogen-bond acceptors (Lipinski definition) is 4. The fraction of sp³-hybridized carbons (Fsp3) is 0.500. The van der Waals surface area contributed by atoms with Crippen LogP contribution in [0.4, 0.5) is 0 Å². The van der Waals surface area contributed by atoms with Crippen LogP contribution in [0.3, 0.4) is 0 Å². The predicted octanol–water partition coefficient (Wildman–Crippen LogP) is 1.13. The van der Waals surface area contributed by atoms with Gasteiger partial charge in [0.2, 0.25) is 0 Å². The van der Waals surface area contributed by atoms with Crippen LogP contribution in [0.2, 0.25) is 0 Å². The van der Waals surface area contributed by atoms with Gasteiger partial charge in [-0.2, -0.15) is 0 Å². The zero-order valence-electron chi connectivity index (χ0n) is 12.2. The number of fused-ring (bicyclic) bond motifs is 1. The summed E-state index contributed by atoms with van der Waals surface area (Å²) in [5, 5.41) is 10.1. The summed E-state index contributed by atoms with van der Waals surface area (Å²) in [4.78, 5) is 27.8. The smallest absolute Gasteiger partial charge is 0.261 e. The molecule has 0 unspecified atom stereocenters. The second kappa shape index (κ2) is 5.24. The Morgan fingerprint density at radius 3 is 2.19 bits per heavy atom. The van der Waals surface area contributed by atoms with E-state index in [-0.39, 0.29) is 11.8 Å². The van der Waals surface area contributed by atoms with E-state index in [0.717, 1.165) is 12.8 Å². The van der Waals surface area contributed by atoms with E-state index >= 15 is 0 Å². The lowest BCUT2D eigenvalue weighted by molar-refractivity contribution is -0.103. The molecule has 0 radical (unpaired) electrons. The zero-order valence-corrected chi connectivity index (χ0v) is 12.2. The van der Waals surface area contributed by atoms with Crippen LogP contribution in [0.5, 0.6) is 0 Å². The first-order valence-electron chi connectivity index (χ1n) is 7.44. The Balaban J connectivity index is 1.57. The highest BCUT2D eigenvalue weighted by Gasteiger charge is 2.41. The quantitative estimate of drug-likeness (QED) is 0.825. The zero-order chi connectivity index (χ0) is 15.0. The average Bonchev–Trinajstić information content (AvgIpc) is 2.68. The number of amides is 2. The number of benzene rings is 1. The molecule has 2 amide bonds. The monoisotopic (exact) mass is 288 g/mol. The molecule has 1 N–H and O–H groups in total. The standard InChI is InChI=1S/C16H20N2O3/c1-2-7-16(21)10-17(11-16)8-9-18-14(19)12-5-3-4-6-13(12)15(18)20/h3-6,21H,2,7-11H2,1H3. The van der Waals surface area contributed by atoms with Crippen molar-refractivity contribution in [3.05, 3.63) is 35.4 Å². The molecule has 1 aromatic rings. The third-order valence-corrected chi connectivity index (χ3v) is 4.27. The predicted molar refractivity (Wildman–Crippen MR) is 78.1 cm³/mol. The molecule has 1 saturated heterocycles. The van der Waals surface area contributed by atoms with Gasteiger partial charge >= 0.3 is 0 Å². The molecule has 0 bridgehead atoms. The van der Waals surface area contributed by atoms with Gasteiger partial charge in [0, 0.05) is 26.2 Å². The second-order valence-corrected chi connectivity index (χ2v) is 5.99. The Hall–Kier alpha value is -1.72. The lowest BCUT2D eigenvalue weighted by Crippen LogP contribution is -2.62. The largest absolute Gasteiger partial charge is 0.387 e. The maximum atomic E-state index is 12.2. The van der Waals surface area contributed by atoms with Gasteiger partial charge in [0.25, 0.3) is 11.8 Å². The molecule has 0 spiro atoms. The van der Waals surface area contributed by atoms with Crippen LogP contribution in [0.25, 0.3) is 0 Å². The Morgan fingerprint density at radius 1 is 1.10 bits per heavy atom. The van der Waals surface area contributed by atoms with Crippen LogP contribution < -0.4 is 0 Å². The summed E-state index contributed by atoms with van der Waals surface area (Å²) in [5.41, 5.74) is 0.415. The van der Waals surface area contributed by atoms with Gasteiger partial charge in [-0.1, -0.05) is 25.5 Å². The van der Waals surface area contributed by atoms with Crippen molar-refractivity contribution in [2.45, 2.75) is 25.4 Å². The minimum absolute atomic E-state index is 0.208. The van der Waals surface area contributed by atoms with E-state index in [4.69, 9.17) is 0 Å². The number of carbonyl (C=O) groups excluding carboxylic acids is 2. The summed E-state index contributed by atoms with van der Waals surface area (Å²) in [5.74, 6) is -0.417. The lowest BCUT2D eigenvalue weighted by Gasteiger charge is -2.47. The summed E-state index contributed by atoms with van der Waals surface area (Å²) in [6, 6.07) is 6.93. The minimum Gasteiger partial charge on any atom is -0.387 e. The molecule has 21 heavy (non-hydrogen) atoms. The first-order chi connectivity index (χ1) is 10.0. The lowest BCUT2D eigenvalue weighted by atomic mass is 9.89. The van der Waals surface area contributed by atoms with Crippen LogP contribution in [0.15, 0.2) is 24.3 Å². The molecule has 3 rings (SSSR count). The normalized spacial score (nSPS) is 20.6. The fourth-order valence-electron chi connectivity index (χ4n) is 3.25. The summed E-state index contributed by atoms with van der Waals surface area (Å²) in [7, 11) is 0. The van der Waals surface area contributed by atoms with E-state index in [1.807, 2.05) is 0 Å². The van der Waals surface area contributed by atoms with Crippen LogP contribution in [0.1, 0.15) is 40.5 Å². The van der Waals surface area contributed by atoms with E-state index in [2.05, 4.69) is 11.8 Å². The van der Waals surface area contributed by atoms with Crippen LogP contribution in [-0.4, -0.2) is 58.5 Å². The van der Waals surface area contributed by atoms with Crippen molar-refractivity contribution in [2.75, 3.05) is 26.2 Å². The molecule has 0 aliphatic carbocycles. The maximum Gasteiger partial charge on any atom is 0.261 e. The van der Waals surface area contributed by atoms with Gasteiger partial charge in [-0.25, -0.2) is 0 Å². The van der Waals surface area contributed by atoms with Gasteiger partial charge < -0.3 is 5.11 Å². The first-order valence-corrected chi connectivity index (χ1v) is 7.44. The summed E-state index contributed by atoms with van der Waals surface area (Å²) in [6.45, 7) is 4.32. The summed E-state index contributed by atoms with van der Waals surface area (Å²) in [6.07, 6.45) is 1.76. The molecule has 5 heteroatoms. The van der Waals surface area contributed by atoms with Crippen molar-refractivity contribution >= 4 is 11.8 Å². The number of aliphatic hydroxyl groups is 1. The number of imide groups is 1. The molecule has 5 nitrogen and oxygen atoms in total. The highest BCUT2D eigenvalue weighted by atomic mass is 16.3. The van der Waals surface area contributed by atoms with Crippen molar-refractivity contribution < 1.29 is 14.7 Å². The van der Waals surface area contributed by atoms with Gasteiger partial charge in [0.1, 0.15) is 0 Å². The van der Waals surface area contributed by atoms with Crippen molar-refractivity contribution in [3.63, 3.8) is 0 Å². The molecule has 2 aliphatic heterocycles. The third kappa shape index (κ3) is 2.47. The molecule has 2 heterocycles. The van der Waals surface area contributed by atoms with Gasteiger partial charge in [-0.3, -0.25) is 19.4 Å². The minimum atomic E-state index is -0.573. The number of rotatable bonds is 5. The van der Waals surface area contributed by atoms with Crippen molar-refractivity contribution in [1.29, 1.82) is 0 Å². The van der Waals surface area contributed by atoms with E-state index < -0.39 is 5.60 Å². The SMILES string of the molecule is CCCC1(O)CN(CCN2C(=O)c3ccccc3C2=O)C1. The molecule has 0 aromatic heterocycles. The van der Waals surface area contributed by atoms with E-state index in [1.54, 1.807) is 24.3 Å². The molecule has 1 aromatic carbocycles.